The molecule has 0 spiro atoms. The summed E-state index contributed by atoms with van der Waals surface area (Å²) in [5.74, 6) is 1.47. The third-order valence-electron chi connectivity index (χ3n) is 4.29. The molecule has 3 heterocycles. The average Bonchev–Trinajstić information content (AvgIpc) is 3.28. The van der Waals surface area contributed by atoms with Gasteiger partial charge >= 0.3 is 0 Å². The Bertz CT molecular complexity index is 1130. The summed E-state index contributed by atoms with van der Waals surface area (Å²) in [5.41, 5.74) is 3.64. The third-order valence-corrected chi connectivity index (χ3v) is 5.31. The maximum Gasteiger partial charge on any atom is 0.192 e. The van der Waals surface area contributed by atoms with Gasteiger partial charge in [-0.2, -0.15) is 5.26 Å². The molecular weight excluding hydrogens is 354 g/mol. The summed E-state index contributed by atoms with van der Waals surface area (Å²) in [4.78, 5) is 0. The van der Waals surface area contributed by atoms with Crippen molar-refractivity contribution in [3.8, 4) is 17.5 Å². The molecule has 0 N–H and O–H groups in total. The number of hydrogen-bond donors (Lipinski definition) is 0. The summed E-state index contributed by atoms with van der Waals surface area (Å²) >= 11 is 1.58. The summed E-state index contributed by atoms with van der Waals surface area (Å²) in [7, 11) is 0. The van der Waals surface area contributed by atoms with Gasteiger partial charge in [-0.3, -0.25) is 4.57 Å². The van der Waals surface area contributed by atoms with Crippen LogP contribution in [-0.2, 0) is 12.3 Å². The minimum Gasteiger partial charge on any atom is -0.322 e. The molecule has 1 aromatic carbocycles. The van der Waals surface area contributed by atoms with Gasteiger partial charge in [0.25, 0.3) is 0 Å². The molecule has 132 valence electrons. The quantitative estimate of drug-likeness (QED) is 0.369. The van der Waals surface area contributed by atoms with Gasteiger partial charge in [-0.1, -0.05) is 54.2 Å². The third kappa shape index (κ3) is 3.25. The van der Waals surface area contributed by atoms with Gasteiger partial charge in [0.05, 0.1) is 11.1 Å². The zero-order valence-corrected chi connectivity index (χ0v) is 15.4. The lowest BCUT2D eigenvalue weighted by atomic mass is 10.2. The number of pyridine rings is 1. The number of benzene rings is 1. The Balaban J connectivity index is 1.65. The second kappa shape index (κ2) is 7.52. The van der Waals surface area contributed by atoms with Crippen LogP contribution in [0.4, 0.5) is 0 Å². The van der Waals surface area contributed by atoms with Gasteiger partial charge in [-0.05, 0) is 17.7 Å². The molecule has 0 atom stereocenters. The maximum absolute atomic E-state index is 9.58. The van der Waals surface area contributed by atoms with E-state index in [4.69, 9.17) is 0 Å². The van der Waals surface area contributed by atoms with Crippen LogP contribution in [0, 0.1) is 11.3 Å². The van der Waals surface area contributed by atoms with E-state index < -0.39 is 0 Å². The van der Waals surface area contributed by atoms with Crippen LogP contribution in [0.5, 0.6) is 0 Å². The molecule has 0 bridgehead atoms. The fourth-order valence-electron chi connectivity index (χ4n) is 3.05. The topological polar surface area (TPSA) is 58.9 Å². The van der Waals surface area contributed by atoms with Crippen LogP contribution in [-0.4, -0.2) is 19.2 Å². The zero-order valence-electron chi connectivity index (χ0n) is 14.6. The summed E-state index contributed by atoms with van der Waals surface area (Å²) in [6.07, 6.45) is 5.80. The molecule has 0 unspecified atom stereocenters. The normalized spacial score (nSPS) is 10.8. The predicted octanol–water partition coefficient (Wildman–Crippen LogP) is 4.55. The molecule has 4 aromatic rings. The van der Waals surface area contributed by atoms with Crippen LogP contribution in [0.1, 0.15) is 11.1 Å². The van der Waals surface area contributed by atoms with E-state index in [9.17, 15) is 5.26 Å². The molecule has 0 amide bonds. The molecule has 6 heteroatoms. The SMILES string of the molecule is C=CCn1c(SCc2cn3ccccc3c2C#N)nnc1-c1ccccc1. The molecule has 0 radical (unpaired) electrons. The number of fused-ring (bicyclic) bond motifs is 1. The molecule has 0 aliphatic rings. The van der Waals surface area contributed by atoms with E-state index in [1.807, 2.05) is 71.4 Å². The van der Waals surface area contributed by atoms with E-state index in [0.29, 0.717) is 17.9 Å². The van der Waals surface area contributed by atoms with Crippen molar-refractivity contribution in [2.45, 2.75) is 17.5 Å². The number of nitrogens with zero attached hydrogens (tertiary/aromatic N) is 5. The molecule has 3 aromatic heterocycles. The minimum absolute atomic E-state index is 0.627. The first-order valence-corrected chi connectivity index (χ1v) is 9.51. The Hall–Kier alpha value is -3.30. The minimum atomic E-state index is 0.627. The van der Waals surface area contributed by atoms with Crippen molar-refractivity contribution in [1.82, 2.24) is 19.2 Å². The standard InChI is InChI=1S/C21H17N5S/c1-2-11-26-20(16-8-4-3-5-9-16)23-24-21(26)27-15-17-14-25-12-7-6-10-19(25)18(17)13-22/h2-10,12,14H,1,11,15H2. The predicted molar refractivity (Wildman–Crippen MR) is 107 cm³/mol. The van der Waals surface area contributed by atoms with E-state index in [0.717, 1.165) is 27.6 Å². The van der Waals surface area contributed by atoms with E-state index in [-0.39, 0.29) is 0 Å². The lowest BCUT2D eigenvalue weighted by Gasteiger charge is -2.07. The van der Waals surface area contributed by atoms with Crippen LogP contribution in [0.25, 0.3) is 16.9 Å². The smallest absolute Gasteiger partial charge is 0.192 e. The van der Waals surface area contributed by atoms with Crippen LogP contribution in [0.3, 0.4) is 0 Å². The van der Waals surface area contributed by atoms with E-state index in [1.165, 1.54) is 0 Å². The van der Waals surface area contributed by atoms with Crippen molar-refractivity contribution in [2.24, 2.45) is 0 Å². The van der Waals surface area contributed by atoms with Crippen molar-refractivity contribution in [1.29, 1.82) is 5.26 Å². The fourth-order valence-corrected chi connectivity index (χ4v) is 3.97. The zero-order chi connectivity index (χ0) is 18.6. The Kier molecular flexibility index (Phi) is 4.77. The number of rotatable bonds is 6. The lowest BCUT2D eigenvalue weighted by Crippen LogP contribution is -2.00. The Morgan fingerprint density at radius 2 is 1.93 bits per heavy atom. The van der Waals surface area contributed by atoms with Crippen LogP contribution in [0.2, 0.25) is 0 Å². The highest BCUT2D eigenvalue weighted by molar-refractivity contribution is 7.98. The number of aromatic nitrogens is 4. The molecular formula is C21H17N5S. The Morgan fingerprint density at radius 3 is 2.70 bits per heavy atom. The molecule has 0 saturated heterocycles. The Labute approximate surface area is 161 Å². The molecule has 27 heavy (non-hydrogen) atoms. The van der Waals surface area contributed by atoms with Gasteiger partial charge in [0.15, 0.2) is 11.0 Å². The molecule has 5 nitrogen and oxygen atoms in total. The summed E-state index contributed by atoms with van der Waals surface area (Å²) < 4.78 is 4.03. The molecule has 0 aliphatic carbocycles. The van der Waals surface area contributed by atoms with Crippen molar-refractivity contribution in [3.05, 3.63) is 84.7 Å². The summed E-state index contributed by atoms with van der Waals surface area (Å²) in [5, 5.41) is 19.1. The highest BCUT2D eigenvalue weighted by atomic mass is 32.2. The van der Waals surface area contributed by atoms with Gasteiger partial charge in [-0.25, -0.2) is 0 Å². The number of allylic oxidation sites excluding steroid dienone is 1. The molecule has 4 rings (SSSR count). The first-order chi connectivity index (χ1) is 13.3. The second-order valence-electron chi connectivity index (χ2n) is 5.99. The Morgan fingerprint density at radius 1 is 1.11 bits per heavy atom. The molecule has 0 aliphatic heterocycles. The largest absolute Gasteiger partial charge is 0.322 e. The van der Waals surface area contributed by atoms with Gasteiger partial charge < -0.3 is 4.40 Å². The summed E-state index contributed by atoms with van der Waals surface area (Å²) in [6, 6.07) is 18.2. The molecule has 0 saturated carbocycles. The number of thioether (sulfide) groups is 1. The fraction of sp³-hybridized carbons (Fsp3) is 0.0952. The monoisotopic (exact) mass is 371 g/mol. The maximum atomic E-state index is 9.58. The van der Waals surface area contributed by atoms with Gasteiger partial charge in [0.2, 0.25) is 0 Å². The van der Waals surface area contributed by atoms with Crippen molar-refractivity contribution < 1.29 is 0 Å². The highest BCUT2D eigenvalue weighted by Gasteiger charge is 2.16. The van der Waals surface area contributed by atoms with Crippen LogP contribution < -0.4 is 0 Å². The highest BCUT2D eigenvalue weighted by Crippen LogP contribution is 2.29. The summed E-state index contributed by atoms with van der Waals surface area (Å²) in [6.45, 7) is 4.48. The van der Waals surface area contributed by atoms with Gasteiger partial charge in [-0.15, -0.1) is 16.8 Å². The first-order valence-electron chi connectivity index (χ1n) is 8.53. The number of hydrogen-bond acceptors (Lipinski definition) is 4. The van der Waals surface area contributed by atoms with Crippen molar-refractivity contribution in [2.75, 3.05) is 0 Å². The number of nitriles is 1. The molecule has 0 fully saturated rings. The van der Waals surface area contributed by atoms with E-state index >= 15 is 0 Å². The second-order valence-corrected chi connectivity index (χ2v) is 6.94. The van der Waals surface area contributed by atoms with Crippen molar-refractivity contribution >= 4 is 17.3 Å². The van der Waals surface area contributed by atoms with Crippen LogP contribution in [0.15, 0.2) is 78.7 Å². The van der Waals surface area contributed by atoms with E-state index in [2.05, 4.69) is 27.4 Å². The average molecular weight is 371 g/mol. The van der Waals surface area contributed by atoms with Crippen molar-refractivity contribution in [3.63, 3.8) is 0 Å². The van der Waals surface area contributed by atoms with Gasteiger partial charge in [0, 0.05) is 30.3 Å². The van der Waals surface area contributed by atoms with Crippen LogP contribution >= 0.6 is 11.8 Å². The van der Waals surface area contributed by atoms with E-state index in [1.54, 1.807) is 11.8 Å². The first kappa shape index (κ1) is 17.1. The van der Waals surface area contributed by atoms with Gasteiger partial charge in [0.1, 0.15) is 6.07 Å². The lowest BCUT2D eigenvalue weighted by molar-refractivity contribution is 0.731.